The minimum absolute atomic E-state index is 0.0331. The van der Waals surface area contributed by atoms with Crippen molar-refractivity contribution < 1.29 is 17.9 Å². The second-order valence-electron chi connectivity index (χ2n) is 4.21. The highest BCUT2D eigenvalue weighted by Gasteiger charge is 2.23. The molecule has 0 radical (unpaired) electrons. The van der Waals surface area contributed by atoms with Crippen LogP contribution < -0.4 is 10.5 Å². The van der Waals surface area contributed by atoms with Gasteiger partial charge in [0.25, 0.3) is 0 Å². The highest BCUT2D eigenvalue weighted by atomic mass is 32.2. The summed E-state index contributed by atoms with van der Waals surface area (Å²) < 4.78 is 30.9. The molecule has 0 aliphatic carbocycles. The second kappa shape index (κ2) is 6.29. The third kappa shape index (κ3) is 3.75. The lowest BCUT2D eigenvalue weighted by atomic mass is 10.1. The van der Waals surface area contributed by atoms with Gasteiger partial charge in [-0.05, 0) is 31.5 Å². The molecule has 3 N–H and O–H groups in total. The Morgan fingerprint density at radius 1 is 1.45 bits per heavy atom. The number of ether oxygens (including phenoxy) is 1. The van der Waals surface area contributed by atoms with Crippen LogP contribution in [0.25, 0.3) is 0 Å². The van der Waals surface area contributed by atoms with Gasteiger partial charge >= 0.3 is 5.97 Å². The Morgan fingerprint density at radius 2 is 2.05 bits per heavy atom. The van der Waals surface area contributed by atoms with Gasteiger partial charge in [0.05, 0.1) is 12.0 Å². The molecule has 0 amide bonds. The molecule has 0 saturated heterocycles. The molecule has 20 heavy (non-hydrogen) atoms. The topological polar surface area (TPSA) is 98.5 Å². The molecule has 1 aromatic carbocycles. The van der Waals surface area contributed by atoms with Crippen molar-refractivity contribution in [2.45, 2.75) is 24.8 Å². The predicted octanol–water partition coefficient (Wildman–Crippen LogP) is 0.469. The molecule has 6 nitrogen and oxygen atoms in total. The van der Waals surface area contributed by atoms with Crippen LogP contribution in [0.15, 0.2) is 23.1 Å². The number of rotatable bonds is 5. The molecule has 110 valence electrons. The van der Waals surface area contributed by atoms with E-state index in [2.05, 4.69) is 9.46 Å². The predicted molar refractivity (Wildman–Crippen MR) is 78.9 cm³/mol. The number of hydrogen-bond donors (Lipinski definition) is 2. The van der Waals surface area contributed by atoms with E-state index in [9.17, 15) is 13.2 Å². The number of methoxy groups -OCH3 is 1. The van der Waals surface area contributed by atoms with Crippen molar-refractivity contribution in [1.29, 1.82) is 0 Å². The summed E-state index contributed by atoms with van der Waals surface area (Å²) in [5, 5.41) is 0. The van der Waals surface area contributed by atoms with Gasteiger partial charge in [-0.2, -0.15) is 4.72 Å². The summed E-state index contributed by atoms with van der Waals surface area (Å²) in [4.78, 5) is 11.5. The van der Waals surface area contributed by atoms with Gasteiger partial charge in [-0.1, -0.05) is 18.3 Å². The molecular formula is C12H16N2O4S2. The van der Waals surface area contributed by atoms with Crippen molar-refractivity contribution in [3.05, 3.63) is 29.3 Å². The number of esters is 1. The summed E-state index contributed by atoms with van der Waals surface area (Å²) in [7, 11) is -2.63. The summed E-state index contributed by atoms with van der Waals surface area (Å²) in [6, 6.07) is 3.39. The lowest BCUT2D eigenvalue weighted by molar-refractivity contribution is -0.142. The first-order valence-electron chi connectivity index (χ1n) is 5.69. The maximum absolute atomic E-state index is 12.1. The molecule has 1 aromatic rings. The fourth-order valence-electron chi connectivity index (χ4n) is 1.61. The van der Waals surface area contributed by atoms with Crippen LogP contribution in [0, 0.1) is 6.92 Å². The Labute approximate surface area is 123 Å². The highest BCUT2D eigenvalue weighted by Crippen LogP contribution is 2.16. The number of carbonyl (C=O) groups excluding carboxylic acids is 1. The number of sulfonamides is 1. The lowest BCUT2D eigenvalue weighted by Crippen LogP contribution is -2.39. The van der Waals surface area contributed by atoms with Gasteiger partial charge in [-0.3, -0.25) is 4.79 Å². The minimum atomic E-state index is -3.81. The fourth-order valence-corrected chi connectivity index (χ4v) is 3.11. The van der Waals surface area contributed by atoms with Crippen LogP contribution in [0.1, 0.15) is 18.1 Å². The van der Waals surface area contributed by atoms with E-state index in [1.807, 2.05) is 0 Å². The van der Waals surface area contributed by atoms with Crippen LogP contribution in [0.5, 0.6) is 0 Å². The van der Waals surface area contributed by atoms with Gasteiger partial charge in [0.1, 0.15) is 11.0 Å². The van der Waals surface area contributed by atoms with E-state index in [1.165, 1.54) is 32.2 Å². The third-order valence-corrected chi connectivity index (χ3v) is 4.42. The van der Waals surface area contributed by atoms with Crippen LogP contribution in [-0.2, 0) is 19.6 Å². The monoisotopic (exact) mass is 316 g/mol. The molecule has 0 aliphatic rings. The SMILES string of the molecule is COC(=O)C(C)NS(=O)(=O)c1ccc(C(N)=S)c(C)c1. The Bertz CT molecular complexity index is 641. The summed E-state index contributed by atoms with van der Waals surface area (Å²) in [5.41, 5.74) is 6.77. The van der Waals surface area contributed by atoms with Crippen molar-refractivity contribution in [1.82, 2.24) is 4.72 Å². The quantitative estimate of drug-likeness (QED) is 0.605. The first kappa shape index (κ1) is 16.5. The van der Waals surface area contributed by atoms with Crippen LogP contribution >= 0.6 is 12.2 Å². The van der Waals surface area contributed by atoms with E-state index in [4.69, 9.17) is 18.0 Å². The number of carbonyl (C=O) groups is 1. The Kier molecular flexibility index (Phi) is 5.21. The first-order chi connectivity index (χ1) is 9.19. The number of hydrogen-bond acceptors (Lipinski definition) is 5. The average Bonchev–Trinajstić information content (AvgIpc) is 2.36. The van der Waals surface area contributed by atoms with Gasteiger partial charge in [-0.25, -0.2) is 8.42 Å². The highest BCUT2D eigenvalue weighted by molar-refractivity contribution is 7.89. The number of benzene rings is 1. The number of aryl methyl sites for hydroxylation is 1. The van der Waals surface area contributed by atoms with Crippen molar-refractivity contribution in [3.63, 3.8) is 0 Å². The van der Waals surface area contributed by atoms with E-state index in [0.717, 1.165) is 0 Å². The maximum Gasteiger partial charge on any atom is 0.323 e. The molecule has 0 spiro atoms. The zero-order chi connectivity index (χ0) is 15.5. The summed E-state index contributed by atoms with van der Waals surface area (Å²) >= 11 is 4.86. The van der Waals surface area contributed by atoms with Crippen molar-refractivity contribution in [2.24, 2.45) is 5.73 Å². The van der Waals surface area contributed by atoms with Gasteiger partial charge in [0, 0.05) is 5.56 Å². The zero-order valence-electron chi connectivity index (χ0n) is 11.3. The lowest BCUT2D eigenvalue weighted by Gasteiger charge is -2.13. The minimum Gasteiger partial charge on any atom is -0.468 e. The van der Waals surface area contributed by atoms with E-state index >= 15 is 0 Å². The van der Waals surface area contributed by atoms with E-state index < -0.39 is 22.0 Å². The van der Waals surface area contributed by atoms with Gasteiger partial charge in [0.15, 0.2) is 0 Å². The van der Waals surface area contributed by atoms with Crippen LogP contribution in [0.2, 0.25) is 0 Å². The molecular weight excluding hydrogens is 300 g/mol. The van der Waals surface area contributed by atoms with Crippen LogP contribution in [0.4, 0.5) is 0 Å². The molecule has 1 unspecified atom stereocenters. The largest absolute Gasteiger partial charge is 0.468 e. The molecule has 0 fully saturated rings. The number of nitrogens with one attached hydrogen (secondary N) is 1. The standard InChI is InChI=1S/C12H16N2O4S2/c1-7-6-9(4-5-10(7)11(13)19)20(16,17)14-8(2)12(15)18-3/h4-6,8,14H,1-3H3,(H2,13,19). The molecule has 0 saturated carbocycles. The second-order valence-corrected chi connectivity index (χ2v) is 6.36. The summed E-state index contributed by atoms with van der Waals surface area (Å²) in [6.45, 7) is 3.11. The Morgan fingerprint density at radius 3 is 2.50 bits per heavy atom. The molecule has 1 atom stereocenters. The molecule has 1 rings (SSSR count). The molecule has 0 aliphatic heterocycles. The van der Waals surface area contributed by atoms with Crippen LogP contribution in [0.3, 0.4) is 0 Å². The van der Waals surface area contributed by atoms with Crippen LogP contribution in [-0.4, -0.2) is 32.5 Å². The number of thiocarbonyl (C=S) groups is 1. The van der Waals surface area contributed by atoms with Gasteiger partial charge in [-0.15, -0.1) is 0 Å². The van der Waals surface area contributed by atoms with Crippen molar-refractivity contribution in [3.8, 4) is 0 Å². The average molecular weight is 316 g/mol. The van der Waals surface area contributed by atoms with E-state index in [-0.39, 0.29) is 9.88 Å². The van der Waals surface area contributed by atoms with Crippen molar-refractivity contribution >= 4 is 33.2 Å². The molecule has 8 heteroatoms. The normalized spacial score (nSPS) is 12.8. The van der Waals surface area contributed by atoms with Gasteiger partial charge < -0.3 is 10.5 Å². The smallest absolute Gasteiger partial charge is 0.323 e. The maximum atomic E-state index is 12.1. The molecule has 0 bridgehead atoms. The Hall–Kier alpha value is -1.51. The summed E-state index contributed by atoms with van der Waals surface area (Å²) in [6.07, 6.45) is 0. The zero-order valence-corrected chi connectivity index (χ0v) is 13.0. The van der Waals surface area contributed by atoms with E-state index in [0.29, 0.717) is 11.1 Å². The summed E-state index contributed by atoms with van der Waals surface area (Å²) in [5.74, 6) is -0.662. The molecule has 0 aromatic heterocycles. The van der Waals surface area contributed by atoms with E-state index in [1.54, 1.807) is 6.92 Å². The Balaban J connectivity index is 3.08. The molecule has 0 heterocycles. The fraction of sp³-hybridized carbons (Fsp3) is 0.333. The van der Waals surface area contributed by atoms with Gasteiger partial charge in [0.2, 0.25) is 10.0 Å². The van der Waals surface area contributed by atoms with Crippen molar-refractivity contribution in [2.75, 3.05) is 7.11 Å². The first-order valence-corrected chi connectivity index (χ1v) is 7.59. The number of nitrogens with two attached hydrogens (primary N) is 1. The third-order valence-electron chi connectivity index (χ3n) is 2.66.